The van der Waals surface area contributed by atoms with Gasteiger partial charge >= 0.3 is 0 Å². The Morgan fingerprint density at radius 2 is 2.16 bits per heavy atom. The summed E-state index contributed by atoms with van der Waals surface area (Å²) in [4.78, 5) is 26.5. The minimum atomic E-state index is 0.189. The fourth-order valence-electron chi connectivity index (χ4n) is 3.51. The van der Waals surface area contributed by atoms with E-state index in [1.807, 2.05) is 4.90 Å². The van der Waals surface area contributed by atoms with Gasteiger partial charge in [0, 0.05) is 25.4 Å². The normalized spacial score (nSPS) is 15.8. The quantitative estimate of drug-likeness (QED) is 0.791. The second-order valence-corrected chi connectivity index (χ2v) is 6.66. The largest absolute Gasteiger partial charge is 0.343 e. The van der Waals surface area contributed by atoms with Crippen molar-refractivity contribution in [1.29, 1.82) is 0 Å². The molecule has 7 nitrogen and oxygen atoms in total. The first-order valence-corrected chi connectivity index (χ1v) is 8.76. The third kappa shape index (κ3) is 3.26. The van der Waals surface area contributed by atoms with Crippen LogP contribution >= 0.6 is 0 Å². The number of piperidine rings is 1. The molecule has 25 heavy (non-hydrogen) atoms. The van der Waals surface area contributed by atoms with Crippen LogP contribution in [0.15, 0.2) is 30.9 Å². The number of hydrogen-bond acceptors (Lipinski definition) is 4. The Balaban J connectivity index is 1.35. The molecule has 0 unspecified atom stereocenters. The molecule has 2 aromatic heterocycles. The number of carbonyl (C=O) groups excluding carboxylic acids is 1. The fourth-order valence-corrected chi connectivity index (χ4v) is 3.51. The smallest absolute Gasteiger partial charge is 0.224 e. The van der Waals surface area contributed by atoms with Gasteiger partial charge in [-0.25, -0.2) is 9.97 Å². The van der Waals surface area contributed by atoms with E-state index in [0.29, 0.717) is 18.9 Å². The Kier molecular flexibility index (Phi) is 4.21. The lowest BCUT2D eigenvalue weighted by molar-refractivity contribution is -0.132. The minimum Gasteiger partial charge on any atom is -0.343 e. The Bertz CT molecular complexity index is 861. The Morgan fingerprint density at radius 1 is 1.32 bits per heavy atom. The molecule has 1 amide bonds. The summed E-state index contributed by atoms with van der Waals surface area (Å²) in [6, 6.07) is 6.21. The Labute approximate surface area is 146 Å². The van der Waals surface area contributed by atoms with Crippen molar-refractivity contribution in [2.75, 3.05) is 13.1 Å². The zero-order valence-electron chi connectivity index (χ0n) is 14.4. The minimum absolute atomic E-state index is 0.189. The van der Waals surface area contributed by atoms with Crippen LogP contribution < -0.4 is 0 Å². The van der Waals surface area contributed by atoms with E-state index >= 15 is 0 Å². The molecule has 0 spiro atoms. The van der Waals surface area contributed by atoms with Gasteiger partial charge in [-0.05, 0) is 31.4 Å². The van der Waals surface area contributed by atoms with E-state index in [1.54, 1.807) is 11.0 Å². The van der Waals surface area contributed by atoms with Crippen LogP contribution in [0.2, 0.25) is 0 Å². The molecule has 1 aliphatic rings. The summed E-state index contributed by atoms with van der Waals surface area (Å²) in [7, 11) is 0. The van der Waals surface area contributed by atoms with Gasteiger partial charge in [-0.3, -0.25) is 9.48 Å². The van der Waals surface area contributed by atoms with E-state index in [0.717, 1.165) is 42.8 Å². The van der Waals surface area contributed by atoms with E-state index < -0.39 is 0 Å². The predicted octanol–water partition coefficient (Wildman–Crippen LogP) is 2.26. The van der Waals surface area contributed by atoms with Gasteiger partial charge in [0.2, 0.25) is 5.91 Å². The maximum absolute atomic E-state index is 12.4. The molecule has 0 saturated carbocycles. The second kappa shape index (κ2) is 6.66. The number of carbonyl (C=O) groups is 1. The maximum Gasteiger partial charge on any atom is 0.224 e. The average molecular weight is 338 g/mol. The highest BCUT2D eigenvalue weighted by Crippen LogP contribution is 2.28. The Morgan fingerprint density at radius 3 is 2.88 bits per heavy atom. The number of H-pyrrole nitrogens is 1. The molecule has 3 aromatic rings. The summed E-state index contributed by atoms with van der Waals surface area (Å²) in [5, 5.41) is 4.04. The molecule has 1 aromatic carbocycles. The number of para-hydroxylation sites is 1. The van der Waals surface area contributed by atoms with Gasteiger partial charge in [-0.15, -0.1) is 0 Å². The summed E-state index contributed by atoms with van der Waals surface area (Å²) >= 11 is 0. The van der Waals surface area contributed by atoms with Crippen molar-refractivity contribution >= 4 is 16.9 Å². The lowest BCUT2D eigenvalue weighted by Gasteiger charge is -2.31. The monoisotopic (exact) mass is 338 g/mol. The van der Waals surface area contributed by atoms with Gasteiger partial charge < -0.3 is 9.88 Å². The molecule has 0 atom stereocenters. The molecule has 130 valence electrons. The van der Waals surface area contributed by atoms with Crippen LogP contribution in [0.1, 0.15) is 36.6 Å². The van der Waals surface area contributed by atoms with Crippen LogP contribution in [0.25, 0.3) is 11.0 Å². The molecule has 1 fully saturated rings. The van der Waals surface area contributed by atoms with E-state index in [1.165, 1.54) is 11.9 Å². The fraction of sp³-hybridized carbons (Fsp3) is 0.444. The summed E-state index contributed by atoms with van der Waals surface area (Å²) in [5.41, 5.74) is 3.35. The van der Waals surface area contributed by atoms with E-state index in [2.05, 4.69) is 40.2 Å². The highest BCUT2D eigenvalue weighted by atomic mass is 16.2. The molecular formula is C18H22N6O. The molecule has 1 N–H and O–H groups in total. The van der Waals surface area contributed by atoms with Crippen molar-refractivity contribution in [3.8, 4) is 0 Å². The molecule has 7 heteroatoms. The number of imidazole rings is 1. The molecule has 0 radical (unpaired) electrons. The SMILES string of the molecule is Cc1cccc2[nH]c(C3CCN(C(=O)CCn4cncn4)CC3)nc12. The first-order valence-electron chi connectivity index (χ1n) is 8.76. The molecule has 0 aliphatic carbocycles. The lowest BCUT2D eigenvalue weighted by atomic mass is 9.96. The van der Waals surface area contributed by atoms with Crippen LogP contribution in [0, 0.1) is 6.92 Å². The zero-order chi connectivity index (χ0) is 17.2. The van der Waals surface area contributed by atoms with Crippen molar-refractivity contribution in [2.45, 2.75) is 38.6 Å². The highest BCUT2D eigenvalue weighted by Gasteiger charge is 2.25. The van der Waals surface area contributed by atoms with Crippen molar-refractivity contribution in [1.82, 2.24) is 29.6 Å². The number of benzene rings is 1. The zero-order valence-corrected chi connectivity index (χ0v) is 14.4. The average Bonchev–Trinajstić information content (AvgIpc) is 3.30. The maximum atomic E-state index is 12.4. The number of aromatic amines is 1. The van der Waals surface area contributed by atoms with Crippen LogP contribution in [-0.2, 0) is 11.3 Å². The van der Waals surface area contributed by atoms with Gasteiger partial charge in [0.1, 0.15) is 18.5 Å². The second-order valence-electron chi connectivity index (χ2n) is 6.66. The van der Waals surface area contributed by atoms with E-state index in [9.17, 15) is 4.79 Å². The summed E-state index contributed by atoms with van der Waals surface area (Å²) < 4.78 is 1.70. The van der Waals surface area contributed by atoms with E-state index in [4.69, 9.17) is 4.98 Å². The van der Waals surface area contributed by atoms with Crippen LogP contribution in [0.3, 0.4) is 0 Å². The van der Waals surface area contributed by atoms with E-state index in [-0.39, 0.29) is 5.91 Å². The number of aromatic nitrogens is 5. The van der Waals surface area contributed by atoms with Crippen LogP contribution in [-0.4, -0.2) is 48.6 Å². The first-order chi connectivity index (χ1) is 12.2. The molecule has 1 aliphatic heterocycles. The summed E-state index contributed by atoms with van der Waals surface area (Å²) in [6.07, 6.45) is 5.51. The van der Waals surface area contributed by atoms with Crippen LogP contribution in [0.4, 0.5) is 0 Å². The predicted molar refractivity (Wildman–Crippen MR) is 94.0 cm³/mol. The number of fused-ring (bicyclic) bond motifs is 1. The van der Waals surface area contributed by atoms with Gasteiger partial charge in [-0.1, -0.05) is 12.1 Å². The number of nitrogens with one attached hydrogen (secondary N) is 1. The van der Waals surface area contributed by atoms with Crippen LogP contribution in [0.5, 0.6) is 0 Å². The molecule has 3 heterocycles. The van der Waals surface area contributed by atoms with Gasteiger partial charge in [0.25, 0.3) is 0 Å². The van der Waals surface area contributed by atoms with Crippen molar-refractivity contribution in [3.05, 3.63) is 42.2 Å². The highest BCUT2D eigenvalue weighted by molar-refractivity contribution is 5.78. The molecule has 0 bridgehead atoms. The number of rotatable bonds is 4. The third-order valence-electron chi connectivity index (χ3n) is 4.99. The first kappa shape index (κ1) is 15.8. The number of likely N-dealkylation sites (tertiary alicyclic amines) is 1. The summed E-state index contributed by atoms with van der Waals surface area (Å²) in [5.74, 6) is 1.64. The lowest BCUT2D eigenvalue weighted by Crippen LogP contribution is -2.38. The molecular weight excluding hydrogens is 316 g/mol. The summed E-state index contributed by atoms with van der Waals surface area (Å²) in [6.45, 7) is 4.25. The van der Waals surface area contributed by atoms with Crippen molar-refractivity contribution < 1.29 is 4.79 Å². The molecule has 4 rings (SSSR count). The third-order valence-corrected chi connectivity index (χ3v) is 4.99. The topological polar surface area (TPSA) is 79.7 Å². The van der Waals surface area contributed by atoms with Crippen molar-refractivity contribution in [3.63, 3.8) is 0 Å². The molecule has 1 saturated heterocycles. The standard InChI is InChI=1S/C18H22N6O/c1-13-3-2-4-15-17(13)22-18(21-15)14-5-8-23(9-6-14)16(25)7-10-24-12-19-11-20-24/h2-4,11-12,14H,5-10H2,1H3,(H,21,22). The van der Waals surface area contributed by atoms with Crippen molar-refractivity contribution in [2.24, 2.45) is 0 Å². The number of aryl methyl sites for hydroxylation is 2. The number of nitrogens with zero attached hydrogens (tertiary/aromatic N) is 5. The van der Waals surface area contributed by atoms with Gasteiger partial charge in [-0.2, -0.15) is 5.10 Å². The van der Waals surface area contributed by atoms with Gasteiger partial charge in [0.05, 0.1) is 17.6 Å². The number of hydrogen-bond donors (Lipinski definition) is 1. The number of amides is 1. The Hall–Kier alpha value is -2.70. The van der Waals surface area contributed by atoms with Gasteiger partial charge in [0.15, 0.2) is 0 Å².